The van der Waals surface area contributed by atoms with Gasteiger partial charge in [0, 0.05) is 35.8 Å². The second-order valence-electron chi connectivity index (χ2n) is 3.53. The van der Waals surface area contributed by atoms with Crippen LogP contribution in [0, 0.1) is 5.82 Å². The fourth-order valence-electron chi connectivity index (χ4n) is 1.79. The van der Waals surface area contributed by atoms with Crippen molar-refractivity contribution in [3.8, 4) is 0 Å². The maximum absolute atomic E-state index is 13.0. The van der Waals surface area contributed by atoms with E-state index in [1.807, 2.05) is 11.8 Å². The molecular weight excluding hydrogens is 213 g/mol. The molecular formula is C11H14FNOS. The number of aliphatic hydroxyl groups excluding tert-OH is 1. The predicted molar refractivity (Wildman–Crippen MR) is 61.9 cm³/mol. The summed E-state index contributed by atoms with van der Waals surface area (Å²) in [7, 11) is 0. The molecule has 15 heavy (non-hydrogen) atoms. The molecule has 1 aliphatic rings. The normalized spacial score (nSPS) is 16.8. The van der Waals surface area contributed by atoms with E-state index in [9.17, 15) is 9.50 Å². The zero-order chi connectivity index (χ0) is 10.7. The molecule has 0 amide bonds. The minimum atomic E-state index is -0.283. The van der Waals surface area contributed by atoms with E-state index in [1.165, 1.54) is 12.1 Å². The lowest BCUT2D eigenvalue weighted by Crippen LogP contribution is -2.33. The lowest BCUT2D eigenvalue weighted by molar-refractivity contribution is 0.281. The largest absolute Gasteiger partial charge is 0.392 e. The van der Waals surface area contributed by atoms with Gasteiger partial charge in [-0.15, -0.1) is 0 Å². The highest BCUT2D eigenvalue weighted by Gasteiger charge is 2.14. The third-order valence-electron chi connectivity index (χ3n) is 2.56. The first kappa shape index (κ1) is 10.8. The van der Waals surface area contributed by atoms with Gasteiger partial charge in [0.05, 0.1) is 6.61 Å². The smallest absolute Gasteiger partial charge is 0.123 e. The molecule has 0 aromatic heterocycles. The Morgan fingerprint density at radius 2 is 2.07 bits per heavy atom. The van der Waals surface area contributed by atoms with Crippen LogP contribution in [-0.2, 0) is 6.61 Å². The van der Waals surface area contributed by atoms with Crippen LogP contribution < -0.4 is 4.90 Å². The molecule has 2 nitrogen and oxygen atoms in total. The van der Waals surface area contributed by atoms with E-state index in [-0.39, 0.29) is 12.4 Å². The van der Waals surface area contributed by atoms with Crippen molar-refractivity contribution in [1.82, 2.24) is 0 Å². The molecule has 0 unspecified atom stereocenters. The van der Waals surface area contributed by atoms with Crippen LogP contribution in [0.1, 0.15) is 5.56 Å². The average molecular weight is 227 g/mol. The summed E-state index contributed by atoms with van der Waals surface area (Å²) in [4.78, 5) is 2.21. The Bertz CT molecular complexity index is 339. The molecule has 1 aromatic rings. The summed E-state index contributed by atoms with van der Waals surface area (Å²) < 4.78 is 13.0. The third-order valence-corrected chi connectivity index (χ3v) is 3.51. The van der Waals surface area contributed by atoms with Crippen molar-refractivity contribution in [1.29, 1.82) is 0 Å². The molecule has 1 saturated heterocycles. The molecule has 2 rings (SSSR count). The van der Waals surface area contributed by atoms with Crippen molar-refractivity contribution < 1.29 is 9.50 Å². The first-order valence-corrected chi connectivity index (χ1v) is 6.18. The molecule has 1 aliphatic heterocycles. The molecule has 82 valence electrons. The number of halogens is 1. The number of rotatable bonds is 2. The van der Waals surface area contributed by atoms with Crippen LogP contribution in [0.2, 0.25) is 0 Å². The van der Waals surface area contributed by atoms with E-state index in [1.54, 1.807) is 6.07 Å². The highest BCUT2D eigenvalue weighted by Crippen LogP contribution is 2.24. The minimum Gasteiger partial charge on any atom is -0.392 e. The topological polar surface area (TPSA) is 23.5 Å². The van der Waals surface area contributed by atoms with Crippen molar-refractivity contribution >= 4 is 17.4 Å². The molecule has 1 aromatic carbocycles. The van der Waals surface area contributed by atoms with Crippen molar-refractivity contribution in [3.05, 3.63) is 29.6 Å². The number of hydrogen-bond donors (Lipinski definition) is 1. The van der Waals surface area contributed by atoms with Crippen LogP contribution >= 0.6 is 11.8 Å². The van der Waals surface area contributed by atoms with E-state index >= 15 is 0 Å². The average Bonchev–Trinajstić information content (AvgIpc) is 2.30. The first-order valence-electron chi connectivity index (χ1n) is 5.03. The van der Waals surface area contributed by atoms with Crippen LogP contribution in [0.15, 0.2) is 18.2 Å². The summed E-state index contributed by atoms with van der Waals surface area (Å²) in [6.07, 6.45) is 0. The summed E-state index contributed by atoms with van der Waals surface area (Å²) in [5.41, 5.74) is 1.65. The summed E-state index contributed by atoms with van der Waals surface area (Å²) in [6.45, 7) is 1.85. The number of benzene rings is 1. The van der Waals surface area contributed by atoms with Gasteiger partial charge in [-0.3, -0.25) is 0 Å². The minimum absolute atomic E-state index is 0.100. The summed E-state index contributed by atoms with van der Waals surface area (Å²) in [6, 6.07) is 4.63. The fraction of sp³-hybridized carbons (Fsp3) is 0.455. The highest BCUT2D eigenvalue weighted by molar-refractivity contribution is 7.99. The lowest BCUT2D eigenvalue weighted by atomic mass is 10.1. The molecule has 1 N–H and O–H groups in total. The van der Waals surface area contributed by atoms with E-state index in [4.69, 9.17) is 0 Å². The Hall–Kier alpha value is -0.740. The zero-order valence-electron chi connectivity index (χ0n) is 8.45. The summed E-state index contributed by atoms with van der Waals surface area (Å²) in [5.74, 6) is 1.92. The quantitative estimate of drug-likeness (QED) is 0.834. The second kappa shape index (κ2) is 4.86. The second-order valence-corrected chi connectivity index (χ2v) is 4.76. The van der Waals surface area contributed by atoms with Gasteiger partial charge in [-0.05, 0) is 18.2 Å². The van der Waals surface area contributed by atoms with Gasteiger partial charge in [0.1, 0.15) is 5.82 Å². The lowest BCUT2D eigenvalue weighted by Gasteiger charge is -2.30. The Balaban J connectivity index is 2.25. The Kier molecular flexibility index (Phi) is 3.49. The molecule has 4 heteroatoms. The van der Waals surface area contributed by atoms with Gasteiger partial charge in [-0.2, -0.15) is 11.8 Å². The van der Waals surface area contributed by atoms with Gasteiger partial charge in [0.15, 0.2) is 0 Å². The Morgan fingerprint density at radius 1 is 1.33 bits per heavy atom. The van der Waals surface area contributed by atoms with Gasteiger partial charge in [-0.1, -0.05) is 0 Å². The van der Waals surface area contributed by atoms with Crippen LogP contribution in [0.25, 0.3) is 0 Å². The van der Waals surface area contributed by atoms with Gasteiger partial charge in [0.25, 0.3) is 0 Å². The number of hydrogen-bond acceptors (Lipinski definition) is 3. The number of anilines is 1. The van der Waals surface area contributed by atoms with E-state index < -0.39 is 0 Å². The van der Waals surface area contributed by atoms with E-state index in [0.717, 1.165) is 30.3 Å². The highest BCUT2D eigenvalue weighted by atomic mass is 32.2. The first-order chi connectivity index (χ1) is 7.31. The van der Waals surface area contributed by atoms with Crippen LogP contribution in [0.4, 0.5) is 10.1 Å². The Morgan fingerprint density at radius 3 is 2.73 bits per heavy atom. The van der Waals surface area contributed by atoms with Crippen molar-refractivity contribution in [2.45, 2.75) is 6.61 Å². The molecule has 0 atom stereocenters. The SMILES string of the molecule is OCc1cc(F)ccc1N1CCSCC1. The number of thioether (sulfide) groups is 1. The van der Waals surface area contributed by atoms with Crippen LogP contribution in [-0.4, -0.2) is 29.7 Å². The molecule has 0 saturated carbocycles. The monoisotopic (exact) mass is 227 g/mol. The fourth-order valence-corrected chi connectivity index (χ4v) is 2.70. The van der Waals surface area contributed by atoms with Crippen molar-refractivity contribution in [3.63, 3.8) is 0 Å². The standard InChI is InChI=1S/C11H14FNOS/c12-10-1-2-11(9(7-10)8-14)13-3-5-15-6-4-13/h1-2,7,14H,3-6,8H2. The maximum atomic E-state index is 13.0. The molecule has 1 fully saturated rings. The summed E-state index contributed by atoms with van der Waals surface area (Å²) in [5, 5.41) is 9.17. The number of nitrogens with zero attached hydrogens (tertiary/aromatic N) is 1. The predicted octanol–water partition coefficient (Wildman–Crippen LogP) is 1.87. The molecule has 0 spiro atoms. The van der Waals surface area contributed by atoms with Gasteiger partial charge in [-0.25, -0.2) is 4.39 Å². The molecule has 0 radical (unpaired) electrons. The van der Waals surface area contributed by atoms with E-state index in [0.29, 0.717) is 5.56 Å². The van der Waals surface area contributed by atoms with E-state index in [2.05, 4.69) is 4.90 Å². The van der Waals surface area contributed by atoms with Gasteiger partial charge >= 0.3 is 0 Å². The Labute approximate surface area is 93.1 Å². The van der Waals surface area contributed by atoms with Gasteiger partial charge in [0.2, 0.25) is 0 Å². The van der Waals surface area contributed by atoms with Crippen molar-refractivity contribution in [2.24, 2.45) is 0 Å². The summed E-state index contributed by atoms with van der Waals surface area (Å²) >= 11 is 1.93. The third kappa shape index (κ3) is 2.44. The molecule has 0 bridgehead atoms. The van der Waals surface area contributed by atoms with Crippen LogP contribution in [0.3, 0.4) is 0 Å². The maximum Gasteiger partial charge on any atom is 0.123 e. The number of aliphatic hydroxyl groups is 1. The van der Waals surface area contributed by atoms with Crippen molar-refractivity contribution in [2.75, 3.05) is 29.5 Å². The zero-order valence-corrected chi connectivity index (χ0v) is 9.26. The molecule has 0 aliphatic carbocycles. The van der Waals surface area contributed by atoms with Crippen LogP contribution in [0.5, 0.6) is 0 Å². The van der Waals surface area contributed by atoms with Gasteiger partial charge < -0.3 is 10.0 Å². The molecule has 1 heterocycles.